The Morgan fingerprint density at radius 1 is 1.10 bits per heavy atom. The molecule has 0 aliphatic rings. The molecule has 0 fully saturated rings. The normalized spacial score (nSPS) is 12.2. The number of hydrogen-bond acceptors (Lipinski definition) is 4. The largest absolute Gasteiger partial charge is 0.361 e. The molecule has 0 aliphatic carbocycles. The number of aromatic nitrogens is 4. The third kappa shape index (κ3) is 4.06. The molecule has 0 saturated heterocycles. The first-order valence-corrected chi connectivity index (χ1v) is 13.5. The molecule has 0 amide bonds. The molecule has 0 spiro atoms. The first-order valence-electron chi connectivity index (χ1n) is 9.77. The average Bonchev–Trinajstić information content (AvgIpc) is 3.00. The molecule has 4 aromatic heterocycles. The zero-order chi connectivity index (χ0) is 20.6. The van der Waals surface area contributed by atoms with Gasteiger partial charge < -0.3 is 9.30 Å². The monoisotopic (exact) mass is 408 g/mol. The van der Waals surface area contributed by atoms with E-state index in [0.29, 0.717) is 12.3 Å². The molecule has 4 heterocycles. The summed E-state index contributed by atoms with van der Waals surface area (Å²) in [6.45, 7) is 9.91. The summed E-state index contributed by atoms with van der Waals surface area (Å²) in [6, 6.07) is 8.86. The fourth-order valence-electron chi connectivity index (χ4n) is 3.33. The van der Waals surface area contributed by atoms with Crippen LogP contribution in [-0.2, 0) is 11.5 Å². The second kappa shape index (κ2) is 7.65. The van der Waals surface area contributed by atoms with Crippen LogP contribution in [0.1, 0.15) is 5.56 Å². The molecule has 0 unspecified atom stereocenters. The fourth-order valence-corrected chi connectivity index (χ4v) is 4.09. The van der Waals surface area contributed by atoms with Crippen LogP contribution in [0.5, 0.6) is 0 Å². The van der Waals surface area contributed by atoms with Crippen LogP contribution >= 0.6 is 0 Å². The first-order chi connectivity index (χ1) is 13.8. The standard InChI is InChI=1S/C22H25FN4OSi/c1-15-11-16(12-25-21(15)23)19-6-5-17-18-13-24-8-7-20(18)27(22(17)26-19)14-28-9-10-29(2,3)4/h5-8,11-13H,9-10,14H2,1-4H3. The van der Waals surface area contributed by atoms with Crippen molar-refractivity contribution >= 4 is 30.0 Å². The predicted molar refractivity (Wildman–Crippen MR) is 117 cm³/mol. The lowest BCUT2D eigenvalue weighted by atomic mass is 10.1. The molecule has 5 nitrogen and oxygen atoms in total. The van der Waals surface area contributed by atoms with Gasteiger partial charge in [0.15, 0.2) is 0 Å². The third-order valence-electron chi connectivity index (χ3n) is 5.04. The molecule has 0 N–H and O–H groups in total. The van der Waals surface area contributed by atoms with Gasteiger partial charge in [-0.3, -0.25) is 4.98 Å². The van der Waals surface area contributed by atoms with Crippen LogP contribution in [0.3, 0.4) is 0 Å². The van der Waals surface area contributed by atoms with Crippen molar-refractivity contribution in [1.29, 1.82) is 0 Å². The highest BCUT2D eigenvalue weighted by Crippen LogP contribution is 2.30. The van der Waals surface area contributed by atoms with Crippen LogP contribution in [0.15, 0.2) is 42.9 Å². The van der Waals surface area contributed by atoms with Crippen LogP contribution in [0, 0.1) is 12.9 Å². The van der Waals surface area contributed by atoms with Crippen molar-refractivity contribution in [2.45, 2.75) is 39.3 Å². The highest BCUT2D eigenvalue weighted by molar-refractivity contribution is 6.76. The minimum atomic E-state index is -1.15. The highest BCUT2D eigenvalue weighted by Gasteiger charge is 2.15. The van der Waals surface area contributed by atoms with E-state index in [1.54, 1.807) is 19.2 Å². The molecule has 4 aromatic rings. The number of ether oxygens (including phenoxy) is 1. The summed E-state index contributed by atoms with van der Waals surface area (Å²) in [5.74, 6) is -0.453. The summed E-state index contributed by atoms with van der Waals surface area (Å²) in [4.78, 5) is 13.0. The fraction of sp³-hybridized carbons (Fsp3) is 0.318. The zero-order valence-electron chi connectivity index (χ0n) is 17.2. The van der Waals surface area contributed by atoms with Crippen molar-refractivity contribution < 1.29 is 9.13 Å². The molecule has 29 heavy (non-hydrogen) atoms. The smallest absolute Gasteiger partial charge is 0.215 e. The Kier molecular flexibility index (Phi) is 5.18. The predicted octanol–water partition coefficient (Wildman–Crippen LogP) is 5.41. The second-order valence-corrected chi connectivity index (χ2v) is 14.2. The molecule has 0 aliphatic heterocycles. The Balaban J connectivity index is 1.75. The van der Waals surface area contributed by atoms with E-state index < -0.39 is 14.0 Å². The van der Waals surface area contributed by atoms with Gasteiger partial charge in [-0.05, 0) is 37.2 Å². The van der Waals surface area contributed by atoms with Gasteiger partial charge in [-0.15, -0.1) is 0 Å². The summed E-state index contributed by atoms with van der Waals surface area (Å²) in [5.41, 5.74) is 3.93. The van der Waals surface area contributed by atoms with Gasteiger partial charge in [0.1, 0.15) is 12.4 Å². The van der Waals surface area contributed by atoms with Crippen molar-refractivity contribution in [1.82, 2.24) is 19.5 Å². The third-order valence-corrected chi connectivity index (χ3v) is 6.74. The van der Waals surface area contributed by atoms with Crippen molar-refractivity contribution in [2.75, 3.05) is 6.61 Å². The molecule has 0 bridgehead atoms. The van der Waals surface area contributed by atoms with Crippen LogP contribution in [0.4, 0.5) is 4.39 Å². The zero-order valence-corrected chi connectivity index (χ0v) is 18.2. The molecule has 0 aromatic carbocycles. The summed E-state index contributed by atoms with van der Waals surface area (Å²) in [7, 11) is -1.15. The van der Waals surface area contributed by atoms with Gasteiger partial charge in [-0.25, -0.2) is 9.97 Å². The lowest BCUT2D eigenvalue weighted by Crippen LogP contribution is -2.22. The van der Waals surface area contributed by atoms with E-state index in [0.717, 1.165) is 45.8 Å². The van der Waals surface area contributed by atoms with Crippen molar-refractivity contribution in [3.05, 3.63) is 54.4 Å². The lowest BCUT2D eigenvalue weighted by Gasteiger charge is -2.16. The van der Waals surface area contributed by atoms with Crippen LogP contribution in [-0.4, -0.2) is 34.2 Å². The Hall–Kier alpha value is -2.64. The number of nitrogens with zero attached hydrogens (tertiary/aromatic N) is 4. The van der Waals surface area contributed by atoms with E-state index in [1.807, 2.05) is 24.4 Å². The molecular weight excluding hydrogens is 383 g/mol. The Morgan fingerprint density at radius 2 is 1.93 bits per heavy atom. The SMILES string of the molecule is Cc1cc(-c2ccc3c4cnccc4n(COCC[Si](C)(C)C)c3n2)cnc1F. The van der Waals surface area contributed by atoms with Gasteiger partial charge in [-0.2, -0.15) is 4.39 Å². The van der Waals surface area contributed by atoms with Crippen molar-refractivity contribution in [3.63, 3.8) is 0 Å². The molecule has 0 atom stereocenters. The molecule has 0 radical (unpaired) electrons. The highest BCUT2D eigenvalue weighted by atomic mass is 28.3. The first kappa shape index (κ1) is 19.7. The number of fused-ring (bicyclic) bond motifs is 3. The summed E-state index contributed by atoms with van der Waals surface area (Å²) >= 11 is 0. The number of rotatable bonds is 6. The number of hydrogen-bond donors (Lipinski definition) is 0. The minimum Gasteiger partial charge on any atom is -0.361 e. The van der Waals surface area contributed by atoms with E-state index in [1.165, 1.54) is 6.20 Å². The van der Waals surface area contributed by atoms with E-state index in [2.05, 4.69) is 34.2 Å². The van der Waals surface area contributed by atoms with Gasteiger partial charge in [-0.1, -0.05) is 19.6 Å². The van der Waals surface area contributed by atoms with Crippen LogP contribution in [0.25, 0.3) is 33.2 Å². The van der Waals surface area contributed by atoms with E-state index >= 15 is 0 Å². The van der Waals surface area contributed by atoms with Gasteiger partial charge >= 0.3 is 0 Å². The van der Waals surface area contributed by atoms with E-state index in [4.69, 9.17) is 9.72 Å². The van der Waals surface area contributed by atoms with Gasteiger partial charge in [0.05, 0.1) is 11.2 Å². The van der Waals surface area contributed by atoms with Gasteiger partial charge in [0.2, 0.25) is 5.95 Å². The average molecular weight is 409 g/mol. The Morgan fingerprint density at radius 3 is 2.69 bits per heavy atom. The summed E-state index contributed by atoms with van der Waals surface area (Å²) in [6.07, 6.45) is 5.17. The maximum atomic E-state index is 13.6. The minimum absolute atomic E-state index is 0.436. The van der Waals surface area contributed by atoms with Crippen LogP contribution < -0.4 is 0 Å². The molecule has 0 saturated carbocycles. The molecule has 4 rings (SSSR count). The molecule has 150 valence electrons. The number of pyridine rings is 3. The van der Waals surface area contributed by atoms with Gasteiger partial charge in [0, 0.05) is 55.2 Å². The maximum Gasteiger partial charge on any atom is 0.215 e. The maximum absolute atomic E-state index is 13.6. The van der Waals surface area contributed by atoms with Gasteiger partial charge in [0.25, 0.3) is 0 Å². The summed E-state index contributed by atoms with van der Waals surface area (Å²) < 4.78 is 21.7. The number of halogens is 1. The Bertz CT molecular complexity index is 1180. The van der Waals surface area contributed by atoms with E-state index in [-0.39, 0.29) is 0 Å². The second-order valence-electron chi connectivity index (χ2n) is 8.57. The Labute approximate surface area is 170 Å². The van der Waals surface area contributed by atoms with Crippen molar-refractivity contribution in [3.8, 4) is 11.3 Å². The van der Waals surface area contributed by atoms with E-state index in [9.17, 15) is 4.39 Å². The van der Waals surface area contributed by atoms with Crippen LogP contribution in [0.2, 0.25) is 25.7 Å². The molecule has 7 heteroatoms. The quantitative estimate of drug-likeness (QED) is 0.243. The van der Waals surface area contributed by atoms with Crippen molar-refractivity contribution in [2.24, 2.45) is 0 Å². The lowest BCUT2D eigenvalue weighted by molar-refractivity contribution is 0.0926. The number of aryl methyl sites for hydroxylation is 1. The summed E-state index contributed by atoms with van der Waals surface area (Å²) in [5, 5.41) is 2.07. The topological polar surface area (TPSA) is 52.8 Å². The molecular formula is C22H25FN4OSi.